The number of hydrogen-bond donors (Lipinski definition) is 1. The van der Waals surface area contributed by atoms with Crippen molar-refractivity contribution in [1.82, 2.24) is 14.3 Å². The van der Waals surface area contributed by atoms with E-state index in [1.165, 1.54) is 24.4 Å². The van der Waals surface area contributed by atoms with E-state index < -0.39 is 0 Å². The second kappa shape index (κ2) is 4.10. The van der Waals surface area contributed by atoms with E-state index in [1.54, 1.807) is 6.20 Å². The minimum Gasteiger partial charge on any atom is -0.444 e. The molecule has 5 nitrogen and oxygen atoms in total. The maximum absolute atomic E-state index is 5.47. The zero-order valence-corrected chi connectivity index (χ0v) is 10.6. The van der Waals surface area contributed by atoms with Crippen LogP contribution in [-0.2, 0) is 0 Å². The van der Waals surface area contributed by atoms with Gasteiger partial charge in [0.25, 0.3) is 0 Å². The summed E-state index contributed by atoms with van der Waals surface area (Å²) in [5, 5.41) is 4.11. The van der Waals surface area contributed by atoms with Crippen LogP contribution in [0.3, 0.4) is 0 Å². The topological polar surface area (TPSA) is 63.8 Å². The van der Waals surface area contributed by atoms with Crippen molar-refractivity contribution >= 4 is 16.7 Å². The summed E-state index contributed by atoms with van der Waals surface area (Å²) in [5.74, 6) is 3.09. The monoisotopic (exact) mass is 250 g/mol. The van der Waals surface area contributed by atoms with Gasteiger partial charge in [-0.2, -0.15) is 4.37 Å². The Kier molecular flexibility index (Phi) is 2.58. The maximum Gasteiger partial charge on any atom is 0.216 e. The Morgan fingerprint density at radius 3 is 3.00 bits per heavy atom. The van der Waals surface area contributed by atoms with E-state index in [2.05, 4.69) is 19.7 Å². The summed E-state index contributed by atoms with van der Waals surface area (Å²) in [4.78, 5) is 8.66. The first kappa shape index (κ1) is 10.7. The molecule has 1 N–H and O–H groups in total. The van der Waals surface area contributed by atoms with E-state index in [0.717, 1.165) is 16.7 Å². The predicted octanol–water partition coefficient (Wildman–Crippen LogP) is 2.89. The third-order valence-corrected chi connectivity index (χ3v) is 3.39. The summed E-state index contributed by atoms with van der Waals surface area (Å²) in [6.07, 6.45) is 4.18. The van der Waals surface area contributed by atoms with Crippen molar-refractivity contribution in [2.45, 2.75) is 38.6 Å². The Labute approximate surface area is 103 Å². The van der Waals surface area contributed by atoms with Gasteiger partial charge in [-0.25, -0.2) is 9.97 Å². The highest BCUT2D eigenvalue weighted by Gasteiger charge is 2.28. The predicted molar refractivity (Wildman–Crippen MR) is 65.2 cm³/mol. The van der Waals surface area contributed by atoms with Crippen LogP contribution >= 0.6 is 11.5 Å². The van der Waals surface area contributed by atoms with E-state index in [4.69, 9.17) is 4.42 Å². The number of nitrogens with zero attached hydrogens (tertiary/aromatic N) is 3. The molecular weight excluding hydrogens is 236 g/mol. The van der Waals surface area contributed by atoms with Gasteiger partial charge in [-0.3, -0.25) is 0 Å². The molecule has 90 valence electrons. The largest absolute Gasteiger partial charge is 0.444 e. The average Bonchev–Trinajstić information content (AvgIpc) is 2.90. The standard InChI is InChI=1S/C11H14N4OS/c1-6-5-12-10(16-6)7(2)13-11-14-9(15-17-11)8-3-4-8/h5,7-8H,3-4H2,1-2H3,(H,13,14,15). The lowest BCUT2D eigenvalue weighted by molar-refractivity contribution is 0.453. The minimum absolute atomic E-state index is 0.0173. The Bertz CT molecular complexity index is 517. The molecule has 6 heteroatoms. The van der Waals surface area contributed by atoms with Gasteiger partial charge in [-0.1, -0.05) is 0 Å². The minimum atomic E-state index is 0.0173. The Hall–Kier alpha value is -1.43. The van der Waals surface area contributed by atoms with Crippen LogP contribution in [0.5, 0.6) is 0 Å². The van der Waals surface area contributed by atoms with Crippen LogP contribution in [-0.4, -0.2) is 14.3 Å². The van der Waals surface area contributed by atoms with Gasteiger partial charge in [-0.15, -0.1) is 0 Å². The fraction of sp³-hybridized carbons (Fsp3) is 0.545. The van der Waals surface area contributed by atoms with Crippen LogP contribution in [0.4, 0.5) is 5.13 Å². The number of aromatic nitrogens is 3. The molecule has 0 saturated heterocycles. The van der Waals surface area contributed by atoms with Gasteiger partial charge >= 0.3 is 0 Å². The van der Waals surface area contributed by atoms with Gasteiger partial charge in [-0.05, 0) is 26.7 Å². The molecule has 1 fully saturated rings. The molecule has 0 aromatic carbocycles. The molecule has 0 bridgehead atoms. The van der Waals surface area contributed by atoms with Crippen molar-refractivity contribution in [3.05, 3.63) is 23.7 Å². The van der Waals surface area contributed by atoms with Crippen molar-refractivity contribution in [2.75, 3.05) is 5.32 Å². The number of oxazole rings is 1. The molecule has 1 aliphatic carbocycles. The normalized spacial score (nSPS) is 17.1. The van der Waals surface area contributed by atoms with Gasteiger partial charge < -0.3 is 9.73 Å². The zero-order valence-electron chi connectivity index (χ0n) is 9.80. The molecule has 3 rings (SSSR count). The number of anilines is 1. The van der Waals surface area contributed by atoms with Gasteiger partial charge in [0, 0.05) is 17.5 Å². The molecule has 0 spiro atoms. The fourth-order valence-corrected chi connectivity index (χ4v) is 2.35. The molecular formula is C11H14N4OS. The van der Waals surface area contributed by atoms with Crippen LogP contribution in [0.15, 0.2) is 10.6 Å². The van der Waals surface area contributed by atoms with Crippen molar-refractivity contribution in [3.63, 3.8) is 0 Å². The lowest BCUT2D eigenvalue weighted by atomic mass is 10.3. The van der Waals surface area contributed by atoms with Gasteiger partial charge in [0.1, 0.15) is 17.6 Å². The first-order valence-electron chi connectivity index (χ1n) is 5.75. The third-order valence-electron chi connectivity index (χ3n) is 2.73. The highest BCUT2D eigenvalue weighted by atomic mass is 32.1. The lowest BCUT2D eigenvalue weighted by Crippen LogP contribution is -2.06. The van der Waals surface area contributed by atoms with E-state index in [1.807, 2.05) is 13.8 Å². The molecule has 1 atom stereocenters. The molecule has 0 radical (unpaired) electrons. The molecule has 1 unspecified atom stereocenters. The summed E-state index contributed by atoms with van der Waals surface area (Å²) >= 11 is 1.41. The maximum atomic E-state index is 5.47. The van der Waals surface area contributed by atoms with E-state index in [-0.39, 0.29) is 6.04 Å². The van der Waals surface area contributed by atoms with Crippen molar-refractivity contribution in [1.29, 1.82) is 0 Å². The second-order valence-corrected chi connectivity index (χ2v) is 5.16. The average molecular weight is 250 g/mol. The van der Waals surface area contributed by atoms with Gasteiger partial charge in [0.2, 0.25) is 11.0 Å². The van der Waals surface area contributed by atoms with E-state index >= 15 is 0 Å². The Balaban J connectivity index is 1.68. The Morgan fingerprint density at radius 1 is 1.53 bits per heavy atom. The van der Waals surface area contributed by atoms with Crippen LogP contribution in [0.2, 0.25) is 0 Å². The van der Waals surface area contributed by atoms with Crippen LogP contribution in [0.1, 0.15) is 49.2 Å². The summed E-state index contributed by atoms with van der Waals surface area (Å²) in [6, 6.07) is 0.0173. The highest BCUT2D eigenvalue weighted by Crippen LogP contribution is 2.39. The fourth-order valence-electron chi connectivity index (χ4n) is 1.62. The van der Waals surface area contributed by atoms with Crippen LogP contribution in [0, 0.1) is 6.92 Å². The molecule has 2 heterocycles. The van der Waals surface area contributed by atoms with E-state index in [0.29, 0.717) is 11.8 Å². The summed E-state index contributed by atoms with van der Waals surface area (Å²) in [6.45, 7) is 3.89. The summed E-state index contributed by atoms with van der Waals surface area (Å²) < 4.78 is 9.81. The molecule has 1 aliphatic rings. The van der Waals surface area contributed by atoms with Crippen molar-refractivity contribution < 1.29 is 4.42 Å². The summed E-state index contributed by atoms with van der Waals surface area (Å²) in [5.41, 5.74) is 0. The van der Waals surface area contributed by atoms with Gasteiger partial charge in [0.05, 0.1) is 6.20 Å². The summed E-state index contributed by atoms with van der Waals surface area (Å²) in [7, 11) is 0. The third kappa shape index (κ3) is 2.31. The molecule has 17 heavy (non-hydrogen) atoms. The van der Waals surface area contributed by atoms with Gasteiger partial charge in [0.15, 0.2) is 0 Å². The molecule has 2 aromatic heterocycles. The van der Waals surface area contributed by atoms with Crippen LogP contribution in [0.25, 0.3) is 0 Å². The van der Waals surface area contributed by atoms with Crippen LogP contribution < -0.4 is 5.32 Å². The number of nitrogens with one attached hydrogen (secondary N) is 1. The Morgan fingerprint density at radius 2 is 2.35 bits per heavy atom. The van der Waals surface area contributed by atoms with E-state index in [9.17, 15) is 0 Å². The number of aryl methyl sites for hydroxylation is 1. The second-order valence-electron chi connectivity index (χ2n) is 4.41. The number of hydrogen-bond acceptors (Lipinski definition) is 6. The molecule has 0 amide bonds. The lowest BCUT2D eigenvalue weighted by Gasteiger charge is -2.07. The molecule has 1 saturated carbocycles. The molecule has 0 aliphatic heterocycles. The first-order chi connectivity index (χ1) is 8.22. The first-order valence-corrected chi connectivity index (χ1v) is 6.52. The quantitative estimate of drug-likeness (QED) is 0.903. The highest BCUT2D eigenvalue weighted by molar-refractivity contribution is 7.09. The SMILES string of the molecule is Cc1cnc(C(C)Nc2nc(C3CC3)ns2)o1. The van der Waals surface area contributed by atoms with Crippen molar-refractivity contribution in [2.24, 2.45) is 0 Å². The molecule has 2 aromatic rings. The van der Waals surface area contributed by atoms with Crippen molar-refractivity contribution in [3.8, 4) is 0 Å². The smallest absolute Gasteiger partial charge is 0.216 e. The number of rotatable bonds is 4. The zero-order chi connectivity index (χ0) is 11.8.